The van der Waals surface area contributed by atoms with Crippen molar-refractivity contribution in [2.24, 2.45) is 0 Å². The number of benzene rings is 1. The van der Waals surface area contributed by atoms with Crippen LogP contribution in [-0.2, 0) is 23.5 Å². The summed E-state index contributed by atoms with van der Waals surface area (Å²) in [6, 6.07) is 9.40. The summed E-state index contributed by atoms with van der Waals surface area (Å²) in [4.78, 5) is 15.6. The molecule has 1 amide bonds. The number of H-pyrrole nitrogens is 1. The second kappa shape index (κ2) is 6.36. The van der Waals surface area contributed by atoms with E-state index in [1.165, 1.54) is 0 Å². The first kappa shape index (κ1) is 15.0. The van der Waals surface area contributed by atoms with E-state index < -0.39 is 11.7 Å². The Labute approximate surface area is 122 Å². The average molecular weight is 290 g/mol. The molecule has 3 N–H and O–H groups in total. The van der Waals surface area contributed by atoms with E-state index in [4.69, 9.17) is 4.74 Å². The molecule has 0 aliphatic heterocycles. The molecule has 0 fully saturated rings. The van der Waals surface area contributed by atoms with E-state index in [1.54, 1.807) is 13.8 Å². The van der Waals surface area contributed by atoms with Gasteiger partial charge in [-0.25, -0.2) is 9.78 Å². The zero-order valence-electron chi connectivity index (χ0n) is 12.0. The van der Waals surface area contributed by atoms with Gasteiger partial charge in [-0.05, 0) is 19.4 Å². The highest BCUT2D eigenvalue weighted by Crippen LogP contribution is 2.13. The highest BCUT2D eigenvalue weighted by Gasteiger charge is 2.21. The minimum atomic E-state index is -1.12. The first-order valence-electron chi connectivity index (χ1n) is 6.54. The number of ether oxygens (including phenoxy) is 1. The van der Waals surface area contributed by atoms with E-state index in [1.807, 2.05) is 30.3 Å². The van der Waals surface area contributed by atoms with Crippen LogP contribution in [0.15, 0.2) is 30.3 Å². The molecule has 1 heterocycles. The second-order valence-electron chi connectivity index (χ2n) is 5.08. The molecule has 7 nitrogen and oxygen atoms in total. The molecule has 0 bridgehead atoms. The van der Waals surface area contributed by atoms with Gasteiger partial charge in [0.25, 0.3) is 0 Å². The van der Waals surface area contributed by atoms with Crippen LogP contribution in [0.2, 0.25) is 0 Å². The number of carbonyl (C=O) groups is 1. The highest BCUT2D eigenvalue weighted by atomic mass is 16.5. The van der Waals surface area contributed by atoms with Crippen molar-refractivity contribution < 1.29 is 14.6 Å². The van der Waals surface area contributed by atoms with Gasteiger partial charge in [0.15, 0.2) is 5.82 Å². The molecule has 0 aliphatic carbocycles. The number of aromatic nitrogens is 3. The zero-order chi connectivity index (χ0) is 15.3. The van der Waals surface area contributed by atoms with Crippen LogP contribution in [0.5, 0.6) is 0 Å². The number of nitrogens with one attached hydrogen (secondary N) is 2. The monoisotopic (exact) mass is 290 g/mol. The van der Waals surface area contributed by atoms with Crippen molar-refractivity contribution >= 4 is 6.09 Å². The number of alkyl carbamates (subject to hydrolysis) is 1. The van der Waals surface area contributed by atoms with E-state index in [9.17, 15) is 9.90 Å². The highest BCUT2D eigenvalue weighted by molar-refractivity contribution is 5.67. The maximum absolute atomic E-state index is 11.5. The molecule has 2 rings (SSSR count). The first-order valence-corrected chi connectivity index (χ1v) is 6.54. The number of rotatable bonds is 5. The second-order valence-corrected chi connectivity index (χ2v) is 5.08. The molecule has 7 heteroatoms. The van der Waals surface area contributed by atoms with Crippen molar-refractivity contribution in [2.75, 3.05) is 0 Å². The van der Waals surface area contributed by atoms with Crippen LogP contribution in [-0.4, -0.2) is 26.4 Å². The summed E-state index contributed by atoms with van der Waals surface area (Å²) in [7, 11) is 0. The topological polar surface area (TPSA) is 100 Å². The van der Waals surface area contributed by atoms with Crippen LogP contribution in [0.3, 0.4) is 0 Å². The zero-order valence-corrected chi connectivity index (χ0v) is 12.0. The molecular weight excluding hydrogens is 272 g/mol. The van der Waals surface area contributed by atoms with Gasteiger partial charge in [-0.1, -0.05) is 30.3 Å². The smallest absolute Gasteiger partial charge is 0.407 e. The Morgan fingerprint density at radius 3 is 2.71 bits per heavy atom. The summed E-state index contributed by atoms with van der Waals surface area (Å²) in [5.74, 6) is 0.723. The van der Waals surface area contributed by atoms with Crippen LogP contribution in [0.4, 0.5) is 4.79 Å². The Morgan fingerprint density at radius 2 is 2.10 bits per heavy atom. The van der Waals surface area contributed by atoms with Crippen LogP contribution >= 0.6 is 0 Å². The Bertz CT molecular complexity index is 590. The van der Waals surface area contributed by atoms with Crippen LogP contribution in [0.1, 0.15) is 31.1 Å². The number of carbonyl (C=O) groups excluding carboxylic acids is 1. The Morgan fingerprint density at radius 1 is 1.38 bits per heavy atom. The third-order valence-corrected chi connectivity index (χ3v) is 2.69. The molecule has 0 atom stereocenters. The third kappa shape index (κ3) is 4.57. The van der Waals surface area contributed by atoms with Crippen LogP contribution in [0, 0.1) is 0 Å². The van der Waals surface area contributed by atoms with Gasteiger partial charge in [-0.15, -0.1) is 0 Å². The van der Waals surface area contributed by atoms with E-state index in [0.29, 0.717) is 5.82 Å². The summed E-state index contributed by atoms with van der Waals surface area (Å²) in [6.07, 6.45) is -0.542. The molecule has 0 saturated heterocycles. The molecule has 0 unspecified atom stereocenters. The molecule has 0 saturated carbocycles. The van der Waals surface area contributed by atoms with E-state index in [2.05, 4.69) is 20.5 Å². The third-order valence-electron chi connectivity index (χ3n) is 2.69. The number of aromatic amines is 1. The lowest BCUT2D eigenvalue weighted by Crippen LogP contribution is -2.24. The molecule has 0 spiro atoms. The van der Waals surface area contributed by atoms with Gasteiger partial charge in [-0.2, -0.15) is 5.10 Å². The number of hydrogen-bond donors (Lipinski definition) is 3. The standard InChI is InChI=1S/C14H18N4O3/c1-14(2,20)12-16-11(17-18-12)8-15-13(19)21-9-10-6-4-3-5-7-10/h3-7,20H,8-9H2,1-2H3,(H,15,19)(H,16,17,18). The number of amides is 1. The van der Waals surface area contributed by atoms with Gasteiger partial charge in [0, 0.05) is 0 Å². The van der Waals surface area contributed by atoms with Gasteiger partial charge in [0.2, 0.25) is 0 Å². The van der Waals surface area contributed by atoms with Crippen LogP contribution in [0.25, 0.3) is 0 Å². The lowest BCUT2D eigenvalue weighted by atomic mass is 10.1. The number of aliphatic hydroxyl groups is 1. The Balaban J connectivity index is 1.78. The summed E-state index contributed by atoms with van der Waals surface area (Å²) >= 11 is 0. The molecule has 112 valence electrons. The number of nitrogens with zero attached hydrogens (tertiary/aromatic N) is 2. The maximum Gasteiger partial charge on any atom is 0.407 e. The minimum Gasteiger partial charge on any atom is -0.445 e. The predicted octanol–water partition coefficient (Wildman–Crippen LogP) is 1.46. The minimum absolute atomic E-state index is 0.150. The summed E-state index contributed by atoms with van der Waals surface area (Å²) in [5, 5.41) is 18.8. The molecule has 1 aromatic carbocycles. The molecule has 1 aromatic heterocycles. The SMILES string of the molecule is CC(C)(O)c1n[nH]c(CNC(=O)OCc2ccccc2)n1. The van der Waals surface area contributed by atoms with Crippen molar-refractivity contribution in [3.8, 4) is 0 Å². The lowest BCUT2D eigenvalue weighted by Gasteiger charge is -2.10. The molecule has 21 heavy (non-hydrogen) atoms. The van der Waals surface area contributed by atoms with Crippen molar-refractivity contribution in [2.45, 2.75) is 32.6 Å². The van der Waals surface area contributed by atoms with E-state index in [-0.39, 0.29) is 19.0 Å². The summed E-state index contributed by atoms with van der Waals surface area (Å²) in [5.41, 5.74) is -0.209. The van der Waals surface area contributed by atoms with Crippen molar-refractivity contribution in [1.29, 1.82) is 0 Å². The number of hydrogen-bond acceptors (Lipinski definition) is 5. The first-order chi connectivity index (χ1) is 9.95. The average Bonchev–Trinajstić information content (AvgIpc) is 2.93. The lowest BCUT2D eigenvalue weighted by molar-refractivity contribution is 0.0690. The fourth-order valence-corrected chi connectivity index (χ4v) is 1.58. The van der Waals surface area contributed by atoms with Gasteiger partial charge in [-0.3, -0.25) is 5.10 Å². The normalized spacial score (nSPS) is 11.2. The molecule has 0 radical (unpaired) electrons. The largest absolute Gasteiger partial charge is 0.445 e. The van der Waals surface area contributed by atoms with Gasteiger partial charge < -0.3 is 15.2 Å². The van der Waals surface area contributed by atoms with Crippen molar-refractivity contribution in [1.82, 2.24) is 20.5 Å². The molecule has 0 aliphatic rings. The van der Waals surface area contributed by atoms with Crippen LogP contribution < -0.4 is 5.32 Å². The Hall–Kier alpha value is -2.41. The fraction of sp³-hybridized carbons (Fsp3) is 0.357. The van der Waals surface area contributed by atoms with Gasteiger partial charge in [0.05, 0.1) is 6.54 Å². The van der Waals surface area contributed by atoms with Gasteiger partial charge in [0.1, 0.15) is 18.0 Å². The fourth-order valence-electron chi connectivity index (χ4n) is 1.58. The van der Waals surface area contributed by atoms with Crippen molar-refractivity contribution in [3.63, 3.8) is 0 Å². The van der Waals surface area contributed by atoms with Crippen molar-refractivity contribution in [3.05, 3.63) is 47.5 Å². The molecular formula is C14H18N4O3. The summed E-state index contributed by atoms with van der Waals surface area (Å²) < 4.78 is 5.06. The van der Waals surface area contributed by atoms with E-state index in [0.717, 1.165) is 5.56 Å². The molecule has 2 aromatic rings. The van der Waals surface area contributed by atoms with Gasteiger partial charge >= 0.3 is 6.09 Å². The predicted molar refractivity (Wildman–Crippen MR) is 75.1 cm³/mol. The maximum atomic E-state index is 11.5. The summed E-state index contributed by atoms with van der Waals surface area (Å²) in [6.45, 7) is 3.53. The van der Waals surface area contributed by atoms with E-state index >= 15 is 0 Å². The Kier molecular flexibility index (Phi) is 4.54. The quantitative estimate of drug-likeness (QED) is 0.774.